The lowest BCUT2D eigenvalue weighted by atomic mass is 10.2. The van der Waals surface area contributed by atoms with Gasteiger partial charge in [0, 0.05) is 22.4 Å². The van der Waals surface area contributed by atoms with E-state index in [0.29, 0.717) is 10.7 Å². The van der Waals surface area contributed by atoms with Gasteiger partial charge >= 0.3 is 0 Å². The quantitative estimate of drug-likeness (QED) is 0.415. The number of hydrogen-bond donors (Lipinski definition) is 1. The first-order valence-corrected chi connectivity index (χ1v) is 9.18. The lowest BCUT2D eigenvalue weighted by Crippen LogP contribution is -2.11. The molecule has 0 aliphatic rings. The Kier molecular flexibility index (Phi) is 5.04. The molecule has 0 aromatic carbocycles. The molecule has 3 rings (SSSR count). The molecule has 9 heteroatoms. The zero-order valence-electron chi connectivity index (χ0n) is 11.0. The van der Waals surface area contributed by atoms with Crippen molar-refractivity contribution < 1.29 is 4.79 Å². The highest BCUT2D eigenvalue weighted by Crippen LogP contribution is 2.29. The number of nitrogens with zero attached hydrogens (tertiary/aromatic N) is 3. The molecule has 3 heterocycles. The van der Waals surface area contributed by atoms with E-state index >= 15 is 0 Å². The van der Waals surface area contributed by atoms with Crippen LogP contribution in [0.2, 0.25) is 5.15 Å². The van der Waals surface area contributed by atoms with E-state index in [2.05, 4.69) is 26.6 Å². The molecule has 3 aromatic rings. The van der Waals surface area contributed by atoms with Crippen molar-refractivity contribution in [3.63, 3.8) is 0 Å². The summed E-state index contributed by atoms with van der Waals surface area (Å²) in [5, 5.41) is 13.5. The Balaban J connectivity index is 1.60. The van der Waals surface area contributed by atoms with E-state index in [1.165, 1.54) is 28.5 Å². The van der Waals surface area contributed by atoms with Crippen molar-refractivity contribution in [2.24, 2.45) is 0 Å². The average molecular weight is 369 g/mol. The molecule has 0 bridgehead atoms. The van der Waals surface area contributed by atoms with Gasteiger partial charge in [0.05, 0.1) is 0 Å². The minimum absolute atomic E-state index is 0.275. The number of carbonyl (C=O) groups excluding carboxylic acids is 1. The molecule has 0 spiro atoms. The second kappa shape index (κ2) is 7.19. The predicted octanol–water partition coefficient (Wildman–Crippen LogP) is 4.19. The summed E-state index contributed by atoms with van der Waals surface area (Å²) in [5.74, 6) is 0.565. The zero-order chi connectivity index (χ0) is 15.4. The minimum Gasteiger partial charge on any atom is -0.296 e. The van der Waals surface area contributed by atoms with Gasteiger partial charge in [0.15, 0.2) is 4.34 Å². The molecular formula is C13H9ClN4OS3. The van der Waals surface area contributed by atoms with E-state index in [1.54, 1.807) is 29.2 Å². The Bertz CT molecular complexity index is 775. The van der Waals surface area contributed by atoms with E-state index < -0.39 is 0 Å². The van der Waals surface area contributed by atoms with Crippen molar-refractivity contribution in [2.75, 3.05) is 5.32 Å². The third kappa shape index (κ3) is 4.04. The van der Waals surface area contributed by atoms with Gasteiger partial charge in [-0.05, 0) is 23.6 Å². The van der Waals surface area contributed by atoms with Crippen LogP contribution in [0.25, 0.3) is 0 Å². The highest BCUT2D eigenvalue weighted by molar-refractivity contribution is 8.00. The average Bonchev–Trinajstić information content (AvgIpc) is 3.16. The molecule has 22 heavy (non-hydrogen) atoms. The number of anilines is 1. The zero-order valence-corrected chi connectivity index (χ0v) is 14.2. The molecule has 0 unspecified atom stereocenters. The monoisotopic (exact) mass is 368 g/mol. The van der Waals surface area contributed by atoms with E-state index in [0.717, 1.165) is 10.1 Å². The van der Waals surface area contributed by atoms with Crippen LogP contribution < -0.4 is 5.32 Å². The Hall–Kier alpha value is -1.48. The molecule has 0 fully saturated rings. The SMILES string of the molecule is O=C(Nc1nnc(SCc2cccs2)s1)c1ccnc(Cl)c1. The minimum atomic E-state index is -0.282. The number of pyridine rings is 1. The highest BCUT2D eigenvalue weighted by Gasteiger charge is 2.11. The predicted molar refractivity (Wildman–Crippen MR) is 91.0 cm³/mol. The summed E-state index contributed by atoms with van der Waals surface area (Å²) in [7, 11) is 0. The van der Waals surface area contributed by atoms with E-state index in [-0.39, 0.29) is 11.1 Å². The van der Waals surface area contributed by atoms with Gasteiger partial charge < -0.3 is 0 Å². The summed E-state index contributed by atoms with van der Waals surface area (Å²) >= 11 is 10.4. The van der Waals surface area contributed by atoms with Gasteiger partial charge in [0.2, 0.25) is 5.13 Å². The molecule has 5 nitrogen and oxygen atoms in total. The van der Waals surface area contributed by atoms with Gasteiger partial charge in [-0.3, -0.25) is 10.1 Å². The molecule has 0 aliphatic carbocycles. The third-order valence-electron chi connectivity index (χ3n) is 2.53. The molecule has 0 aliphatic heterocycles. The summed E-state index contributed by atoms with van der Waals surface area (Å²) in [6, 6.07) is 7.19. The van der Waals surface area contributed by atoms with Crippen LogP contribution in [-0.4, -0.2) is 21.1 Å². The van der Waals surface area contributed by atoms with Gasteiger partial charge in [-0.25, -0.2) is 4.98 Å². The van der Waals surface area contributed by atoms with Crippen molar-refractivity contribution in [1.29, 1.82) is 0 Å². The van der Waals surface area contributed by atoms with Crippen molar-refractivity contribution in [3.8, 4) is 0 Å². The van der Waals surface area contributed by atoms with Crippen molar-refractivity contribution in [3.05, 3.63) is 51.4 Å². The topological polar surface area (TPSA) is 67.8 Å². The fourth-order valence-electron chi connectivity index (χ4n) is 1.56. The largest absolute Gasteiger partial charge is 0.296 e. The van der Waals surface area contributed by atoms with Crippen LogP contribution in [0.3, 0.4) is 0 Å². The number of rotatable bonds is 5. The molecule has 0 saturated carbocycles. The molecule has 0 atom stereocenters. The van der Waals surface area contributed by atoms with Crippen LogP contribution in [-0.2, 0) is 5.75 Å². The number of aromatic nitrogens is 3. The second-order valence-corrected chi connectivity index (χ2v) is 7.68. The van der Waals surface area contributed by atoms with Crippen molar-refractivity contribution >= 4 is 57.1 Å². The molecular weight excluding hydrogens is 360 g/mol. The number of hydrogen-bond acceptors (Lipinski definition) is 7. The van der Waals surface area contributed by atoms with Crippen LogP contribution in [0.15, 0.2) is 40.2 Å². The molecule has 0 saturated heterocycles. The maximum Gasteiger partial charge on any atom is 0.257 e. The normalized spacial score (nSPS) is 10.6. The Labute approximate surface area is 143 Å². The van der Waals surface area contributed by atoms with Crippen LogP contribution in [0, 0.1) is 0 Å². The number of amides is 1. The lowest BCUT2D eigenvalue weighted by Gasteiger charge is -2.00. The van der Waals surface area contributed by atoms with Gasteiger partial charge in [-0.2, -0.15) is 0 Å². The number of thiophene rings is 1. The Morgan fingerprint density at radius 3 is 3.05 bits per heavy atom. The van der Waals surface area contributed by atoms with E-state index in [4.69, 9.17) is 11.6 Å². The maximum atomic E-state index is 12.1. The Morgan fingerprint density at radius 1 is 1.36 bits per heavy atom. The molecule has 1 amide bonds. The third-order valence-corrected chi connectivity index (χ3v) is 5.82. The summed E-state index contributed by atoms with van der Waals surface area (Å²) in [6.07, 6.45) is 1.49. The van der Waals surface area contributed by atoms with Crippen LogP contribution >= 0.6 is 46.0 Å². The van der Waals surface area contributed by atoms with E-state index in [1.807, 2.05) is 11.4 Å². The maximum absolute atomic E-state index is 12.1. The van der Waals surface area contributed by atoms with Gasteiger partial charge in [-0.1, -0.05) is 40.8 Å². The molecule has 3 aromatic heterocycles. The van der Waals surface area contributed by atoms with Crippen LogP contribution in [0.1, 0.15) is 15.2 Å². The first-order valence-electron chi connectivity index (χ1n) is 6.12. The van der Waals surface area contributed by atoms with Gasteiger partial charge in [-0.15, -0.1) is 21.5 Å². The number of carbonyl (C=O) groups is 1. The van der Waals surface area contributed by atoms with Crippen LogP contribution in [0.5, 0.6) is 0 Å². The van der Waals surface area contributed by atoms with Crippen molar-refractivity contribution in [2.45, 2.75) is 10.1 Å². The van der Waals surface area contributed by atoms with Gasteiger partial charge in [0.1, 0.15) is 5.15 Å². The number of nitrogens with one attached hydrogen (secondary N) is 1. The first kappa shape index (κ1) is 15.4. The summed E-state index contributed by atoms with van der Waals surface area (Å²) < 4.78 is 0.816. The second-order valence-electron chi connectivity index (χ2n) is 4.06. The standard InChI is InChI=1S/C13H9ClN4OS3/c14-10-6-8(3-4-15-10)11(19)16-12-17-18-13(22-12)21-7-9-2-1-5-20-9/h1-6H,7H2,(H,16,17,19). The fraction of sp³-hybridized carbons (Fsp3) is 0.0769. The van der Waals surface area contributed by atoms with Crippen molar-refractivity contribution in [1.82, 2.24) is 15.2 Å². The van der Waals surface area contributed by atoms with Crippen LogP contribution in [0.4, 0.5) is 5.13 Å². The number of thioether (sulfide) groups is 1. The lowest BCUT2D eigenvalue weighted by molar-refractivity contribution is 0.102. The summed E-state index contributed by atoms with van der Waals surface area (Å²) in [5.41, 5.74) is 0.433. The van der Waals surface area contributed by atoms with E-state index in [9.17, 15) is 4.79 Å². The Morgan fingerprint density at radius 2 is 2.27 bits per heavy atom. The van der Waals surface area contributed by atoms with Gasteiger partial charge in [0.25, 0.3) is 5.91 Å². The molecule has 0 radical (unpaired) electrons. The molecule has 1 N–H and O–H groups in total. The summed E-state index contributed by atoms with van der Waals surface area (Å²) in [4.78, 5) is 17.2. The summed E-state index contributed by atoms with van der Waals surface area (Å²) in [6.45, 7) is 0. The smallest absolute Gasteiger partial charge is 0.257 e. The fourth-order valence-corrected chi connectivity index (χ4v) is 4.25. The first-order chi connectivity index (χ1) is 10.7. The highest BCUT2D eigenvalue weighted by atomic mass is 35.5. The molecule has 112 valence electrons. The number of halogens is 1.